The van der Waals surface area contributed by atoms with Crippen LogP contribution in [0.5, 0.6) is 0 Å². The molecule has 0 radical (unpaired) electrons. The second-order valence-electron chi connectivity index (χ2n) is 5.35. The van der Waals surface area contributed by atoms with Crippen molar-refractivity contribution in [3.8, 4) is 0 Å². The van der Waals surface area contributed by atoms with Crippen LogP contribution in [-0.4, -0.2) is 33.0 Å². The first-order valence-corrected chi connectivity index (χ1v) is 7.55. The zero-order valence-corrected chi connectivity index (χ0v) is 11.1. The molecule has 2 fully saturated rings. The highest BCUT2D eigenvalue weighted by molar-refractivity contribution is 7.07. The number of hydrogen-bond acceptors (Lipinski definition) is 4. The van der Waals surface area contributed by atoms with Crippen molar-refractivity contribution >= 4 is 17.3 Å². The molecule has 3 rings (SSSR count). The summed E-state index contributed by atoms with van der Waals surface area (Å²) in [5, 5.41) is 11.4. The van der Waals surface area contributed by atoms with Crippen molar-refractivity contribution in [2.75, 3.05) is 0 Å². The molecule has 1 aromatic rings. The van der Waals surface area contributed by atoms with Crippen LogP contribution in [0.25, 0.3) is 0 Å². The van der Waals surface area contributed by atoms with Gasteiger partial charge in [0.05, 0.1) is 11.2 Å². The van der Waals surface area contributed by atoms with E-state index in [1.165, 1.54) is 19.3 Å². The van der Waals surface area contributed by atoms with Crippen LogP contribution in [0.3, 0.4) is 0 Å². The van der Waals surface area contributed by atoms with Gasteiger partial charge in [0.2, 0.25) is 0 Å². The Kier molecular flexibility index (Phi) is 3.35. The van der Waals surface area contributed by atoms with E-state index in [-0.39, 0.29) is 6.04 Å². The van der Waals surface area contributed by atoms with E-state index >= 15 is 0 Å². The second-order valence-corrected chi connectivity index (χ2v) is 6.07. The van der Waals surface area contributed by atoms with Crippen molar-refractivity contribution in [2.45, 2.75) is 50.7 Å². The maximum atomic E-state index is 11.4. The Hall–Kier alpha value is -0.940. The molecule has 0 aromatic carbocycles. The molecule has 0 amide bonds. The highest BCUT2D eigenvalue weighted by Gasteiger charge is 2.45. The minimum Gasteiger partial charge on any atom is -0.480 e. The summed E-state index contributed by atoms with van der Waals surface area (Å²) in [6, 6.07) is 0.154. The molecule has 98 valence electrons. The summed E-state index contributed by atoms with van der Waals surface area (Å²) in [7, 11) is 0. The average Bonchev–Trinajstić information content (AvgIpc) is 2.98. The van der Waals surface area contributed by atoms with Crippen LogP contribution in [0.2, 0.25) is 0 Å². The summed E-state index contributed by atoms with van der Waals surface area (Å²) in [6.07, 6.45) is 5.67. The molecule has 1 aliphatic carbocycles. The Morgan fingerprint density at radius 2 is 2.33 bits per heavy atom. The van der Waals surface area contributed by atoms with Gasteiger partial charge in [0.1, 0.15) is 6.04 Å². The minimum atomic E-state index is -0.667. The standard InChI is InChI=1S/C13H18N2O2S/c16-13(17)12-5-9-3-1-2-4-11(9)15(12)6-10-7-18-8-14-10/h7-9,11-12H,1-6H2,(H,16,17). The van der Waals surface area contributed by atoms with Gasteiger partial charge in [-0.3, -0.25) is 9.69 Å². The van der Waals surface area contributed by atoms with Gasteiger partial charge < -0.3 is 5.11 Å². The number of carboxylic acids is 1. The van der Waals surface area contributed by atoms with Gasteiger partial charge in [-0.2, -0.15) is 0 Å². The van der Waals surface area contributed by atoms with E-state index in [0.717, 1.165) is 18.5 Å². The third-order valence-corrected chi connectivity index (χ3v) is 4.97. The van der Waals surface area contributed by atoms with E-state index in [9.17, 15) is 9.90 Å². The van der Waals surface area contributed by atoms with Gasteiger partial charge in [-0.15, -0.1) is 11.3 Å². The van der Waals surface area contributed by atoms with Crippen molar-refractivity contribution < 1.29 is 9.90 Å². The van der Waals surface area contributed by atoms with Gasteiger partial charge >= 0.3 is 5.97 Å². The quantitative estimate of drug-likeness (QED) is 0.912. The molecule has 1 saturated carbocycles. The normalized spacial score (nSPS) is 32.3. The van der Waals surface area contributed by atoms with E-state index in [4.69, 9.17) is 0 Å². The predicted molar refractivity (Wildman–Crippen MR) is 69.4 cm³/mol. The number of fused-ring (bicyclic) bond motifs is 1. The van der Waals surface area contributed by atoms with Crippen LogP contribution in [0.4, 0.5) is 0 Å². The zero-order valence-electron chi connectivity index (χ0n) is 10.3. The third-order valence-electron chi connectivity index (χ3n) is 4.33. The first-order valence-electron chi connectivity index (χ1n) is 6.61. The minimum absolute atomic E-state index is 0.306. The lowest BCUT2D eigenvalue weighted by Crippen LogP contribution is -2.41. The van der Waals surface area contributed by atoms with Gasteiger partial charge in [-0.1, -0.05) is 12.8 Å². The molecule has 3 atom stereocenters. The fourth-order valence-electron chi connectivity index (χ4n) is 3.53. The van der Waals surface area contributed by atoms with E-state index in [0.29, 0.717) is 18.5 Å². The van der Waals surface area contributed by atoms with Crippen molar-refractivity contribution in [2.24, 2.45) is 5.92 Å². The first kappa shape index (κ1) is 12.1. The number of aliphatic carboxylic acids is 1. The molecule has 1 N–H and O–H groups in total. The molecule has 3 unspecified atom stereocenters. The smallest absolute Gasteiger partial charge is 0.320 e. The van der Waals surface area contributed by atoms with E-state index in [1.54, 1.807) is 11.3 Å². The molecule has 18 heavy (non-hydrogen) atoms. The lowest BCUT2D eigenvalue weighted by molar-refractivity contribution is -0.142. The van der Waals surface area contributed by atoms with E-state index < -0.39 is 5.97 Å². The SMILES string of the molecule is O=C(O)C1CC2CCCCC2N1Cc1cscn1. The molecule has 5 heteroatoms. The third kappa shape index (κ3) is 2.17. The number of rotatable bonds is 3. The monoisotopic (exact) mass is 266 g/mol. The summed E-state index contributed by atoms with van der Waals surface area (Å²) in [5.74, 6) is -0.0851. The van der Waals surface area contributed by atoms with Crippen LogP contribution < -0.4 is 0 Å². The largest absolute Gasteiger partial charge is 0.480 e. The Labute approximate surface area is 111 Å². The van der Waals surface area contributed by atoms with E-state index in [1.807, 2.05) is 10.9 Å². The molecule has 2 aliphatic rings. The van der Waals surface area contributed by atoms with Gasteiger partial charge in [-0.25, -0.2) is 4.98 Å². The fraction of sp³-hybridized carbons (Fsp3) is 0.692. The highest BCUT2D eigenvalue weighted by Crippen LogP contribution is 2.40. The fourth-order valence-corrected chi connectivity index (χ4v) is 4.08. The molecule has 2 heterocycles. The number of likely N-dealkylation sites (tertiary alicyclic amines) is 1. The lowest BCUT2D eigenvalue weighted by Gasteiger charge is -2.32. The number of aromatic nitrogens is 1. The number of thiazole rings is 1. The molecular weight excluding hydrogens is 248 g/mol. The lowest BCUT2D eigenvalue weighted by atomic mass is 9.85. The van der Waals surface area contributed by atoms with Crippen LogP contribution in [0, 0.1) is 5.92 Å². The molecule has 1 aliphatic heterocycles. The second kappa shape index (κ2) is 4.97. The van der Waals surface area contributed by atoms with Crippen molar-refractivity contribution in [3.63, 3.8) is 0 Å². The number of hydrogen-bond donors (Lipinski definition) is 1. The summed E-state index contributed by atoms with van der Waals surface area (Å²) in [6.45, 7) is 0.696. The summed E-state index contributed by atoms with van der Waals surface area (Å²) < 4.78 is 0. The van der Waals surface area contributed by atoms with Gasteiger partial charge in [-0.05, 0) is 25.2 Å². The Morgan fingerprint density at radius 1 is 1.50 bits per heavy atom. The summed E-state index contributed by atoms with van der Waals surface area (Å²) in [5.41, 5.74) is 2.83. The number of carboxylic acid groups (broad SMARTS) is 1. The van der Waals surface area contributed by atoms with Gasteiger partial charge in [0, 0.05) is 18.0 Å². The summed E-state index contributed by atoms with van der Waals surface area (Å²) >= 11 is 1.58. The average molecular weight is 266 g/mol. The highest BCUT2D eigenvalue weighted by atomic mass is 32.1. The van der Waals surface area contributed by atoms with Gasteiger partial charge in [0.15, 0.2) is 0 Å². The van der Waals surface area contributed by atoms with Crippen LogP contribution in [0.1, 0.15) is 37.8 Å². The molecule has 1 aromatic heterocycles. The number of nitrogens with zero attached hydrogens (tertiary/aromatic N) is 2. The number of carbonyl (C=O) groups is 1. The van der Waals surface area contributed by atoms with E-state index in [2.05, 4.69) is 9.88 Å². The Balaban J connectivity index is 1.80. The molecular formula is C13H18N2O2S. The van der Waals surface area contributed by atoms with Crippen LogP contribution in [0.15, 0.2) is 10.9 Å². The van der Waals surface area contributed by atoms with Crippen molar-refractivity contribution in [1.82, 2.24) is 9.88 Å². The molecule has 0 bridgehead atoms. The summed E-state index contributed by atoms with van der Waals surface area (Å²) in [4.78, 5) is 17.9. The maximum absolute atomic E-state index is 11.4. The van der Waals surface area contributed by atoms with Gasteiger partial charge in [0.25, 0.3) is 0 Å². The van der Waals surface area contributed by atoms with Crippen molar-refractivity contribution in [3.05, 3.63) is 16.6 Å². The zero-order chi connectivity index (χ0) is 12.5. The Morgan fingerprint density at radius 3 is 3.06 bits per heavy atom. The van der Waals surface area contributed by atoms with Crippen LogP contribution >= 0.6 is 11.3 Å². The van der Waals surface area contributed by atoms with Crippen molar-refractivity contribution in [1.29, 1.82) is 0 Å². The first-order chi connectivity index (χ1) is 8.75. The molecule has 1 saturated heterocycles. The molecule has 0 spiro atoms. The maximum Gasteiger partial charge on any atom is 0.320 e. The van der Waals surface area contributed by atoms with Crippen LogP contribution in [-0.2, 0) is 11.3 Å². The molecule has 4 nitrogen and oxygen atoms in total. The predicted octanol–water partition coefficient (Wildman–Crippen LogP) is 2.36. The Bertz CT molecular complexity index is 421. The topological polar surface area (TPSA) is 53.4 Å².